The molecular weight excluding hydrogens is 341 g/mol. The molecule has 2 aromatic rings. The Balaban J connectivity index is 1.73. The zero-order chi connectivity index (χ0) is 18.8. The highest BCUT2D eigenvalue weighted by molar-refractivity contribution is 5.94. The molecule has 142 valence electrons. The number of carbonyl (C=O) groups excluding carboxylic acids is 1. The topological polar surface area (TPSA) is 36.4 Å². The lowest BCUT2D eigenvalue weighted by atomic mass is 9.86. The van der Waals surface area contributed by atoms with E-state index in [1.54, 1.807) is 30.6 Å². The van der Waals surface area contributed by atoms with Crippen LogP contribution in [0, 0.1) is 5.82 Å². The number of aromatic nitrogens is 1. The second-order valence-corrected chi connectivity index (χ2v) is 7.75. The van der Waals surface area contributed by atoms with Crippen LogP contribution < -0.4 is 0 Å². The van der Waals surface area contributed by atoms with Crippen molar-refractivity contribution in [3.8, 4) is 0 Å². The lowest BCUT2D eigenvalue weighted by Crippen LogP contribution is -2.50. The maximum absolute atomic E-state index is 13.9. The maximum Gasteiger partial charge on any atom is 0.255 e. The predicted octanol–water partition coefficient (Wildman–Crippen LogP) is 3.70. The highest BCUT2D eigenvalue weighted by Crippen LogP contribution is 2.39. The van der Waals surface area contributed by atoms with Gasteiger partial charge in [0.1, 0.15) is 5.82 Å². The van der Waals surface area contributed by atoms with Crippen LogP contribution in [0.2, 0.25) is 0 Å². The Morgan fingerprint density at radius 1 is 1.19 bits per heavy atom. The first-order chi connectivity index (χ1) is 13.1. The van der Waals surface area contributed by atoms with E-state index in [0.717, 1.165) is 37.9 Å². The number of likely N-dealkylation sites (N-methyl/N-ethyl adjacent to an activating group) is 1. The molecule has 2 fully saturated rings. The van der Waals surface area contributed by atoms with E-state index in [9.17, 15) is 9.18 Å². The Bertz CT molecular complexity index is 797. The smallest absolute Gasteiger partial charge is 0.255 e. The SMILES string of the molecule is CN1C[C@@H](c2cccc(F)c2)[C@H]2[C@H]1CCCCCN2C(=O)c1cccnc1. The minimum atomic E-state index is -0.213. The van der Waals surface area contributed by atoms with Gasteiger partial charge in [0.25, 0.3) is 5.91 Å². The summed E-state index contributed by atoms with van der Waals surface area (Å²) in [6.45, 7) is 1.59. The van der Waals surface area contributed by atoms with Crippen LogP contribution in [0.5, 0.6) is 0 Å². The van der Waals surface area contributed by atoms with Crippen molar-refractivity contribution in [3.63, 3.8) is 0 Å². The summed E-state index contributed by atoms with van der Waals surface area (Å²) in [5.74, 6) is -0.0549. The molecule has 1 aromatic heterocycles. The first kappa shape index (κ1) is 18.1. The van der Waals surface area contributed by atoms with Crippen LogP contribution >= 0.6 is 0 Å². The van der Waals surface area contributed by atoms with E-state index < -0.39 is 0 Å². The van der Waals surface area contributed by atoms with E-state index >= 15 is 0 Å². The number of nitrogens with zero attached hydrogens (tertiary/aromatic N) is 3. The van der Waals surface area contributed by atoms with Crippen molar-refractivity contribution in [2.45, 2.75) is 43.7 Å². The van der Waals surface area contributed by atoms with Crippen molar-refractivity contribution in [3.05, 3.63) is 65.7 Å². The summed E-state index contributed by atoms with van der Waals surface area (Å²) in [6.07, 6.45) is 7.73. The number of rotatable bonds is 2. The van der Waals surface area contributed by atoms with Gasteiger partial charge in [-0.1, -0.05) is 25.0 Å². The van der Waals surface area contributed by atoms with Crippen LogP contribution in [0.1, 0.15) is 47.5 Å². The number of amides is 1. The van der Waals surface area contributed by atoms with E-state index in [4.69, 9.17) is 0 Å². The number of pyridine rings is 1. The van der Waals surface area contributed by atoms with E-state index in [1.165, 1.54) is 12.5 Å². The molecule has 0 unspecified atom stereocenters. The number of hydrogen-bond acceptors (Lipinski definition) is 3. The van der Waals surface area contributed by atoms with Crippen LogP contribution in [0.3, 0.4) is 0 Å². The second kappa shape index (κ2) is 7.77. The van der Waals surface area contributed by atoms with Gasteiger partial charge in [0.15, 0.2) is 0 Å². The summed E-state index contributed by atoms with van der Waals surface area (Å²) in [5, 5.41) is 0. The lowest BCUT2D eigenvalue weighted by molar-refractivity contribution is 0.0586. The predicted molar refractivity (Wildman–Crippen MR) is 103 cm³/mol. The molecule has 3 heterocycles. The number of carbonyl (C=O) groups is 1. The van der Waals surface area contributed by atoms with E-state index in [1.807, 2.05) is 17.0 Å². The summed E-state index contributed by atoms with van der Waals surface area (Å²) < 4.78 is 13.9. The van der Waals surface area contributed by atoms with Crippen LogP contribution in [-0.4, -0.2) is 52.9 Å². The Labute approximate surface area is 160 Å². The van der Waals surface area contributed by atoms with Gasteiger partial charge in [0, 0.05) is 37.4 Å². The summed E-state index contributed by atoms with van der Waals surface area (Å²) in [4.78, 5) is 21.9. The van der Waals surface area contributed by atoms with Crippen molar-refractivity contribution in [2.24, 2.45) is 0 Å². The largest absolute Gasteiger partial charge is 0.333 e. The van der Waals surface area contributed by atoms with Gasteiger partial charge in [-0.05, 0) is 49.7 Å². The molecule has 3 atom stereocenters. The quantitative estimate of drug-likeness (QED) is 0.812. The molecule has 0 N–H and O–H groups in total. The van der Waals surface area contributed by atoms with Crippen LogP contribution in [0.4, 0.5) is 4.39 Å². The van der Waals surface area contributed by atoms with E-state index in [0.29, 0.717) is 11.6 Å². The number of benzene rings is 1. The number of halogens is 1. The molecule has 0 spiro atoms. The first-order valence-corrected chi connectivity index (χ1v) is 9.82. The maximum atomic E-state index is 13.9. The zero-order valence-electron chi connectivity index (χ0n) is 15.7. The third kappa shape index (κ3) is 3.61. The van der Waals surface area contributed by atoms with Gasteiger partial charge < -0.3 is 9.80 Å². The van der Waals surface area contributed by atoms with Crippen LogP contribution in [0.15, 0.2) is 48.8 Å². The molecule has 4 rings (SSSR count). The van der Waals surface area contributed by atoms with Crippen molar-refractivity contribution in [1.82, 2.24) is 14.8 Å². The molecule has 0 saturated carbocycles. The Morgan fingerprint density at radius 3 is 2.85 bits per heavy atom. The normalized spacial score (nSPS) is 26.3. The molecule has 2 saturated heterocycles. The van der Waals surface area contributed by atoms with Crippen LogP contribution in [-0.2, 0) is 0 Å². The zero-order valence-corrected chi connectivity index (χ0v) is 15.7. The molecule has 2 aliphatic heterocycles. The fourth-order valence-electron chi connectivity index (χ4n) is 4.79. The summed E-state index contributed by atoms with van der Waals surface area (Å²) in [7, 11) is 2.13. The third-order valence-electron chi connectivity index (χ3n) is 6.06. The summed E-state index contributed by atoms with van der Waals surface area (Å²) in [5.41, 5.74) is 1.61. The van der Waals surface area contributed by atoms with Gasteiger partial charge >= 0.3 is 0 Å². The molecule has 1 aromatic carbocycles. The Kier molecular flexibility index (Phi) is 5.21. The van der Waals surface area contributed by atoms with Gasteiger partial charge in [0.05, 0.1) is 11.6 Å². The van der Waals surface area contributed by atoms with Crippen molar-refractivity contribution >= 4 is 5.91 Å². The molecule has 27 heavy (non-hydrogen) atoms. The molecular formula is C22H26FN3O. The number of hydrogen-bond donors (Lipinski definition) is 0. The summed E-state index contributed by atoms with van der Waals surface area (Å²) >= 11 is 0. The highest BCUT2D eigenvalue weighted by atomic mass is 19.1. The molecule has 0 bridgehead atoms. The molecule has 0 aliphatic carbocycles. The molecule has 0 radical (unpaired) electrons. The monoisotopic (exact) mass is 367 g/mol. The Morgan fingerprint density at radius 2 is 2.07 bits per heavy atom. The van der Waals surface area contributed by atoms with E-state index in [-0.39, 0.29) is 23.7 Å². The molecule has 5 heteroatoms. The first-order valence-electron chi connectivity index (χ1n) is 9.82. The standard InChI is InChI=1S/C22H26FN3O/c1-25-15-19(16-7-5-9-18(23)13-16)21-20(25)10-3-2-4-12-26(21)22(27)17-8-6-11-24-14-17/h5-9,11,13-14,19-21H,2-4,10,12,15H2,1H3/t19-,20+,21-/m0/s1. The average Bonchev–Trinajstić information content (AvgIpc) is 2.98. The van der Waals surface area contributed by atoms with Gasteiger partial charge in [0.2, 0.25) is 0 Å². The van der Waals surface area contributed by atoms with Crippen LogP contribution in [0.25, 0.3) is 0 Å². The molecule has 1 amide bonds. The van der Waals surface area contributed by atoms with Crippen molar-refractivity contribution < 1.29 is 9.18 Å². The summed E-state index contributed by atoms with van der Waals surface area (Å²) in [6, 6.07) is 10.9. The minimum absolute atomic E-state index is 0.0386. The number of fused-ring (bicyclic) bond motifs is 1. The van der Waals surface area contributed by atoms with E-state index in [2.05, 4.69) is 16.9 Å². The fraction of sp³-hybridized carbons (Fsp3) is 0.455. The molecule has 2 aliphatic rings. The fourth-order valence-corrected chi connectivity index (χ4v) is 4.79. The van der Waals surface area contributed by atoms with Gasteiger partial charge in [-0.25, -0.2) is 4.39 Å². The average molecular weight is 367 g/mol. The Hall–Kier alpha value is -2.27. The lowest BCUT2D eigenvalue weighted by Gasteiger charge is -2.39. The molecule has 4 nitrogen and oxygen atoms in total. The highest BCUT2D eigenvalue weighted by Gasteiger charge is 2.45. The van der Waals surface area contributed by atoms with Gasteiger partial charge in [-0.3, -0.25) is 9.78 Å². The van der Waals surface area contributed by atoms with Crippen molar-refractivity contribution in [1.29, 1.82) is 0 Å². The van der Waals surface area contributed by atoms with Crippen molar-refractivity contribution in [2.75, 3.05) is 20.1 Å². The van der Waals surface area contributed by atoms with Gasteiger partial charge in [-0.15, -0.1) is 0 Å². The third-order valence-corrected chi connectivity index (χ3v) is 6.06. The van der Waals surface area contributed by atoms with Gasteiger partial charge in [-0.2, -0.15) is 0 Å². The second-order valence-electron chi connectivity index (χ2n) is 7.75. The number of likely N-dealkylation sites (tertiary alicyclic amines) is 2. The minimum Gasteiger partial charge on any atom is -0.333 e.